The number of aromatic nitrogens is 2. The first-order valence-electron chi connectivity index (χ1n) is 6.82. The van der Waals surface area contributed by atoms with Crippen LogP contribution in [0, 0.1) is 12.3 Å². The van der Waals surface area contributed by atoms with Crippen LogP contribution in [0.4, 0.5) is 0 Å². The highest BCUT2D eigenvalue weighted by Crippen LogP contribution is 2.30. The SMILES string of the molecule is Cc1csc2nc(CN3CCC(C)(C(=O)O)C3)cc(=O)n12. The lowest BCUT2D eigenvalue weighted by Gasteiger charge is -2.19. The van der Waals surface area contributed by atoms with Gasteiger partial charge in [-0.25, -0.2) is 4.98 Å². The minimum atomic E-state index is -0.762. The van der Waals surface area contributed by atoms with E-state index in [-0.39, 0.29) is 5.56 Å². The summed E-state index contributed by atoms with van der Waals surface area (Å²) in [6.07, 6.45) is 0.627. The van der Waals surface area contributed by atoms with Gasteiger partial charge in [0.2, 0.25) is 0 Å². The van der Waals surface area contributed by atoms with E-state index < -0.39 is 11.4 Å². The van der Waals surface area contributed by atoms with Crippen molar-refractivity contribution in [3.05, 3.63) is 33.2 Å². The smallest absolute Gasteiger partial charge is 0.310 e. The van der Waals surface area contributed by atoms with E-state index in [2.05, 4.69) is 4.98 Å². The first-order valence-corrected chi connectivity index (χ1v) is 7.69. The lowest BCUT2D eigenvalue weighted by atomic mass is 9.90. The Morgan fingerprint density at radius 2 is 2.33 bits per heavy atom. The Balaban J connectivity index is 1.83. The van der Waals surface area contributed by atoms with Gasteiger partial charge in [-0.1, -0.05) is 0 Å². The van der Waals surface area contributed by atoms with E-state index in [1.807, 2.05) is 17.2 Å². The molecule has 6 nitrogen and oxygen atoms in total. The summed E-state index contributed by atoms with van der Waals surface area (Å²) < 4.78 is 1.60. The lowest BCUT2D eigenvalue weighted by molar-refractivity contribution is -0.147. The summed E-state index contributed by atoms with van der Waals surface area (Å²) in [5.74, 6) is -0.762. The largest absolute Gasteiger partial charge is 0.481 e. The summed E-state index contributed by atoms with van der Waals surface area (Å²) in [6.45, 7) is 5.38. The molecule has 3 heterocycles. The second-order valence-electron chi connectivity index (χ2n) is 5.91. The molecule has 0 aliphatic carbocycles. The molecule has 1 aliphatic rings. The number of hydrogen-bond donors (Lipinski definition) is 1. The molecule has 1 saturated heterocycles. The monoisotopic (exact) mass is 307 g/mol. The van der Waals surface area contributed by atoms with Gasteiger partial charge in [-0.3, -0.25) is 18.9 Å². The predicted octanol–water partition coefficient (Wildman–Crippen LogP) is 1.36. The molecule has 0 aromatic carbocycles. The lowest BCUT2D eigenvalue weighted by Crippen LogP contribution is -2.32. The molecule has 112 valence electrons. The van der Waals surface area contributed by atoms with Crippen LogP contribution in [0.25, 0.3) is 4.96 Å². The van der Waals surface area contributed by atoms with E-state index >= 15 is 0 Å². The van der Waals surface area contributed by atoms with Crippen molar-refractivity contribution >= 4 is 22.3 Å². The number of carboxylic acids is 1. The zero-order chi connectivity index (χ0) is 15.2. The summed E-state index contributed by atoms with van der Waals surface area (Å²) in [5, 5.41) is 11.2. The highest BCUT2D eigenvalue weighted by atomic mass is 32.1. The molecule has 1 N–H and O–H groups in total. The first-order chi connectivity index (χ1) is 9.89. The minimum Gasteiger partial charge on any atom is -0.481 e. The summed E-state index contributed by atoms with van der Waals surface area (Å²) in [5.41, 5.74) is 0.822. The van der Waals surface area contributed by atoms with Gasteiger partial charge in [-0.05, 0) is 26.8 Å². The van der Waals surface area contributed by atoms with Crippen LogP contribution in [0.5, 0.6) is 0 Å². The molecule has 1 atom stereocenters. The van der Waals surface area contributed by atoms with Gasteiger partial charge in [0.25, 0.3) is 5.56 Å². The molecule has 0 radical (unpaired) electrons. The summed E-state index contributed by atoms with van der Waals surface area (Å²) in [6, 6.07) is 1.54. The topological polar surface area (TPSA) is 74.9 Å². The van der Waals surface area contributed by atoms with Crippen LogP contribution in [0.3, 0.4) is 0 Å². The third-order valence-electron chi connectivity index (χ3n) is 4.08. The molecule has 21 heavy (non-hydrogen) atoms. The number of aliphatic carboxylic acids is 1. The number of fused-ring (bicyclic) bond motifs is 1. The molecule has 7 heteroatoms. The van der Waals surface area contributed by atoms with Crippen molar-refractivity contribution in [1.29, 1.82) is 0 Å². The third-order valence-corrected chi connectivity index (χ3v) is 5.03. The van der Waals surface area contributed by atoms with Gasteiger partial charge in [0.1, 0.15) is 0 Å². The van der Waals surface area contributed by atoms with Gasteiger partial charge in [0.05, 0.1) is 11.1 Å². The van der Waals surface area contributed by atoms with E-state index in [0.29, 0.717) is 36.7 Å². The average Bonchev–Trinajstić information content (AvgIpc) is 2.95. The number of carboxylic acid groups (broad SMARTS) is 1. The second-order valence-corrected chi connectivity index (χ2v) is 6.74. The fraction of sp³-hybridized carbons (Fsp3) is 0.500. The van der Waals surface area contributed by atoms with Crippen LogP contribution in [-0.2, 0) is 11.3 Å². The Morgan fingerprint density at radius 3 is 3.00 bits per heavy atom. The Morgan fingerprint density at radius 1 is 1.57 bits per heavy atom. The fourth-order valence-electron chi connectivity index (χ4n) is 2.78. The number of rotatable bonds is 3. The standard InChI is InChI=1S/C14H17N3O3S/c1-9-7-21-13-15-10(5-11(18)17(9)13)6-16-4-3-14(2,8-16)12(19)20/h5,7H,3-4,6,8H2,1-2H3,(H,19,20). The maximum Gasteiger partial charge on any atom is 0.310 e. The predicted molar refractivity (Wildman–Crippen MR) is 79.7 cm³/mol. The van der Waals surface area contributed by atoms with Crippen molar-refractivity contribution in [2.45, 2.75) is 26.8 Å². The van der Waals surface area contributed by atoms with Crippen LogP contribution in [0.15, 0.2) is 16.2 Å². The van der Waals surface area contributed by atoms with Gasteiger partial charge in [-0.15, -0.1) is 11.3 Å². The molecule has 1 aliphatic heterocycles. The van der Waals surface area contributed by atoms with Crippen molar-refractivity contribution in [2.75, 3.05) is 13.1 Å². The Labute approximate surface area is 125 Å². The minimum absolute atomic E-state index is 0.0751. The van der Waals surface area contributed by atoms with E-state index in [1.165, 1.54) is 11.3 Å². The second kappa shape index (κ2) is 4.92. The number of carbonyl (C=O) groups is 1. The van der Waals surface area contributed by atoms with Crippen LogP contribution in [-0.4, -0.2) is 38.4 Å². The number of hydrogen-bond acceptors (Lipinski definition) is 5. The van der Waals surface area contributed by atoms with Crippen molar-refractivity contribution in [1.82, 2.24) is 14.3 Å². The van der Waals surface area contributed by atoms with Crippen LogP contribution in [0.1, 0.15) is 24.7 Å². The van der Waals surface area contributed by atoms with Crippen molar-refractivity contribution in [2.24, 2.45) is 5.41 Å². The molecule has 0 bridgehead atoms. The Hall–Kier alpha value is -1.73. The number of likely N-dealkylation sites (tertiary alicyclic amines) is 1. The fourth-order valence-corrected chi connectivity index (χ4v) is 3.67. The molecular weight excluding hydrogens is 290 g/mol. The maximum atomic E-state index is 12.1. The highest BCUT2D eigenvalue weighted by Gasteiger charge is 2.40. The molecule has 2 aromatic rings. The van der Waals surface area contributed by atoms with E-state index in [9.17, 15) is 14.7 Å². The van der Waals surface area contributed by atoms with Gasteiger partial charge >= 0.3 is 5.97 Å². The maximum absolute atomic E-state index is 12.1. The van der Waals surface area contributed by atoms with E-state index in [0.717, 1.165) is 5.69 Å². The van der Waals surface area contributed by atoms with Gasteiger partial charge in [0, 0.05) is 30.2 Å². The molecule has 2 aromatic heterocycles. The van der Waals surface area contributed by atoms with Gasteiger partial charge in [0.15, 0.2) is 4.96 Å². The molecular formula is C14H17N3O3S. The Kier molecular flexibility index (Phi) is 3.33. The third kappa shape index (κ3) is 2.47. The summed E-state index contributed by atoms with van der Waals surface area (Å²) >= 11 is 1.44. The summed E-state index contributed by atoms with van der Waals surface area (Å²) in [7, 11) is 0. The normalized spacial score (nSPS) is 23.0. The number of aryl methyl sites for hydroxylation is 1. The van der Waals surface area contributed by atoms with Gasteiger partial charge in [-0.2, -0.15) is 0 Å². The quantitative estimate of drug-likeness (QED) is 0.927. The zero-order valence-electron chi connectivity index (χ0n) is 12.0. The first kappa shape index (κ1) is 14.2. The number of nitrogens with zero attached hydrogens (tertiary/aromatic N) is 3. The van der Waals surface area contributed by atoms with Crippen LogP contribution >= 0.6 is 11.3 Å². The van der Waals surface area contributed by atoms with Crippen molar-refractivity contribution in [3.8, 4) is 0 Å². The van der Waals surface area contributed by atoms with Gasteiger partial charge < -0.3 is 5.11 Å². The molecule has 0 saturated carbocycles. The number of thiazole rings is 1. The average molecular weight is 307 g/mol. The van der Waals surface area contributed by atoms with Crippen LogP contribution in [0.2, 0.25) is 0 Å². The summed E-state index contributed by atoms with van der Waals surface area (Å²) in [4.78, 5) is 30.6. The molecule has 0 amide bonds. The van der Waals surface area contributed by atoms with Crippen molar-refractivity contribution < 1.29 is 9.90 Å². The van der Waals surface area contributed by atoms with E-state index in [1.54, 1.807) is 17.4 Å². The molecule has 1 fully saturated rings. The molecule has 1 unspecified atom stereocenters. The van der Waals surface area contributed by atoms with Crippen LogP contribution < -0.4 is 5.56 Å². The molecule has 3 rings (SSSR count). The van der Waals surface area contributed by atoms with Crippen molar-refractivity contribution in [3.63, 3.8) is 0 Å². The zero-order valence-corrected chi connectivity index (χ0v) is 12.8. The Bertz CT molecular complexity index is 766. The highest BCUT2D eigenvalue weighted by molar-refractivity contribution is 7.15. The van der Waals surface area contributed by atoms with E-state index in [4.69, 9.17) is 0 Å². The molecule has 0 spiro atoms.